The minimum absolute atomic E-state index is 0.122. The summed E-state index contributed by atoms with van der Waals surface area (Å²) in [5, 5.41) is 9.50. The van der Waals surface area contributed by atoms with Gasteiger partial charge in [-0.1, -0.05) is 30.3 Å². The fraction of sp³-hybridized carbons (Fsp3) is 0.500. The molecule has 1 amide bonds. The molecule has 1 saturated heterocycles. The predicted molar refractivity (Wildman–Crippen MR) is 74.9 cm³/mol. The first kappa shape index (κ1) is 16.2. The molecular formula is C14H16F3NO2S. The van der Waals surface area contributed by atoms with Crippen molar-refractivity contribution in [3.63, 3.8) is 0 Å². The Balaban J connectivity index is 1.83. The molecule has 0 radical (unpaired) electrons. The van der Waals surface area contributed by atoms with E-state index in [9.17, 15) is 23.1 Å². The second kappa shape index (κ2) is 6.70. The number of likely N-dealkylation sites (tertiary alicyclic amines) is 1. The number of carbonyl (C=O) groups is 1. The number of benzene rings is 1. The topological polar surface area (TPSA) is 40.5 Å². The monoisotopic (exact) mass is 319 g/mol. The van der Waals surface area contributed by atoms with Crippen LogP contribution in [0, 0.1) is 0 Å². The quantitative estimate of drug-likeness (QED) is 0.907. The van der Waals surface area contributed by atoms with Crippen molar-refractivity contribution in [1.82, 2.24) is 4.90 Å². The summed E-state index contributed by atoms with van der Waals surface area (Å²) in [4.78, 5) is 12.7. The molecule has 0 spiro atoms. The lowest BCUT2D eigenvalue weighted by Gasteiger charge is -2.18. The van der Waals surface area contributed by atoms with Crippen molar-refractivity contribution >= 4 is 17.7 Å². The van der Waals surface area contributed by atoms with E-state index in [0.29, 0.717) is 12.2 Å². The van der Waals surface area contributed by atoms with Crippen LogP contribution in [0.25, 0.3) is 0 Å². The molecule has 1 fully saturated rings. The van der Waals surface area contributed by atoms with Crippen molar-refractivity contribution in [2.45, 2.75) is 24.0 Å². The number of rotatable bonds is 5. The molecular weight excluding hydrogens is 303 g/mol. The van der Waals surface area contributed by atoms with E-state index in [2.05, 4.69) is 0 Å². The minimum atomic E-state index is -4.36. The van der Waals surface area contributed by atoms with Gasteiger partial charge in [0.1, 0.15) is 6.54 Å². The van der Waals surface area contributed by atoms with Crippen LogP contribution in [0.15, 0.2) is 30.3 Å². The summed E-state index contributed by atoms with van der Waals surface area (Å²) in [6, 6.07) is 8.98. The van der Waals surface area contributed by atoms with E-state index in [1.165, 1.54) is 11.8 Å². The highest BCUT2D eigenvalue weighted by Crippen LogP contribution is 2.29. The Bertz CT molecular complexity index is 481. The largest absolute Gasteiger partial charge is 0.406 e. The average molecular weight is 319 g/mol. The molecule has 0 saturated carbocycles. The normalized spacial score (nSPS) is 20.9. The van der Waals surface area contributed by atoms with Gasteiger partial charge in [-0.3, -0.25) is 4.79 Å². The van der Waals surface area contributed by atoms with Crippen LogP contribution in [0.3, 0.4) is 0 Å². The first-order chi connectivity index (χ1) is 9.87. The second-order valence-corrected chi connectivity index (χ2v) is 6.15. The Hall–Kier alpha value is -1.21. The van der Waals surface area contributed by atoms with Crippen molar-refractivity contribution in [2.24, 2.45) is 0 Å². The Morgan fingerprint density at radius 3 is 2.62 bits per heavy atom. The van der Waals surface area contributed by atoms with Crippen LogP contribution in [0.2, 0.25) is 0 Å². The summed E-state index contributed by atoms with van der Waals surface area (Å²) < 4.78 is 36.9. The molecule has 3 nitrogen and oxygen atoms in total. The molecule has 2 atom stereocenters. The van der Waals surface area contributed by atoms with E-state index < -0.39 is 30.0 Å². The third-order valence-corrected chi connectivity index (χ3v) is 4.61. The molecule has 0 aromatic heterocycles. The molecule has 1 aromatic carbocycles. The maximum absolute atomic E-state index is 12.3. The first-order valence-corrected chi connectivity index (χ1v) is 7.62. The smallest absolute Gasteiger partial charge is 0.388 e. The fourth-order valence-electron chi connectivity index (χ4n) is 2.22. The van der Waals surface area contributed by atoms with E-state index in [1.54, 1.807) is 24.3 Å². The van der Waals surface area contributed by atoms with Crippen molar-refractivity contribution in [3.8, 4) is 0 Å². The number of halogens is 3. The van der Waals surface area contributed by atoms with Crippen molar-refractivity contribution in [2.75, 3.05) is 18.8 Å². The molecule has 2 rings (SSSR count). The zero-order chi connectivity index (χ0) is 15.5. The van der Waals surface area contributed by atoms with Crippen LogP contribution in [0.5, 0.6) is 0 Å². The van der Waals surface area contributed by atoms with Gasteiger partial charge >= 0.3 is 6.18 Å². The molecule has 21 heavy (non-hydrogen) atoms. The Morgan fingerprint density at radius 2 is 2.00 bits per heavy atom. The predicted octanol–water partition coefficient (Wildman–Crippen LogP) is 2.62. The molecule has 0 bridgehead atoms. The minimum Gasteiger partial charge on any atom is -0.388 e. The molecule has 0 unspecified atom stereocenters. The number of amides is 1. The molecule has 1 N–H and O–H groups in total. The van der Waals surface area contributed by atoms with Gasteiger partial charge in [0.25, 0.3) is 0 Å². The fourth-order valence-corrected chi connectivity index (χ4v) is 3.39. The SMILES string of the molecule is O=C1[C@H](SC[C@H](O)c2ccccc2)CCN1CC(F)(F)F. The highest BCUT2D eigenvalue weighted by Gasteiger charge is 2.39. The summed E-state index contributed by atoms with van der Waals surface area (Å²) in [6.07, 6.45) is -4.69. The lowest BCUT2D eigenvalue weighted by Crippen LogP contribution is -2.36. The molecule has 116 valence electrons. The maximum Gasteiger partial charge on any atom is 0.406 e. The molecule has 7 heteroatoms. The van der Waals surface area contributed by atoms with Crippen molar-refractivity contribution in [1.29, 1.82) is 0 Å². The van der Waals surface area contributed by atoms with Gasteiger partial charge in [-0.05, 0) is 12.0 Å². The number of hydrogen-bond acceptors (Lipinski definition) is 3. The first-order valence-electron chi connectivity index (χ1n) is 6.57. The van der Waals surface area contributed by atoms with Crippen molar-refractivity contribution in [3.05, 3.63) is 35.9 Å². The summed E-state index contributed by atoms with van der Waals surface area (Å²) in [5.74, 6) is -0.196. The zero-order valence-corrected chi connectivity index (χ0v) is 12.0. The number of hydrogen-bond donors (Lipinski definition) is 1. The number of aliphatic hydroxyl groups excluding tert-OH is 1. The van der Waals surface area contributed by atoms with E-state index in [-0.39, 0.29) is 6.54 Å². The van der Waals surface area contributed by atoms with Gasteiger partial charge in [0, 0.05) is 12.3 Å². The van der Waals surface area contributed by atoms with Gasteiger partial charge < -0.3 is 10.0 Å². The summed E-state index contributed by atoms with van der Waals surface area (Å²) >= 11 is 1.22. The molecule has 1 heterocycles. The van der Waals surface area contributed by atoms with Crippen LogP contribution in [0.4, 0.5) is 13.2 Å². The molecule has 1 aromatic rings. The van der Waals surface area contributed by atoms with E-state index in [1.807, 2.05) is 6.07 Å². The summed E-state index contributed by atoms with van der Waals surface area (Å²) in [6.45, 7) is -1.07. The highest BCUT2D eigenvalue weighted by atomic mass is 32.2. The van der Waals surface area contributed by atoms with Crippen LogP contribution in [-0.2, 0) is 4.79 Å². The van der Waals surface area contributed by atoms with E-state index in [0.717, 1.165) is 10.5 Å². The van der Waals surface area contributed by atoms with Gasteiger partial charge in [-0.25, -0.2) is 0 Å². The standard InChI is InChI=1S/C14H16F3NO2S/c15-14(16,17)9-18-7-6-12(13(18)20)21-8-11(19)10-4-2-1-3-5-10/h1-5,11-12,19H,6-9H2/t11-,12+/m0/s1. The number of carbonyl (C=O) groups excluding carboxylic acids is 1. The zero-order valence-electron chi connectivity index (χ0n) is 11.2. The Labute approximate surface area is 125 Å². The van der Waals surface area contributed by atoms with E-state index in [4.69, 9.17) is 0 Å². The molecule has 1 aliphatic rings. The van der Waals surface area contributed by atoms with Crippen LogP contribution >= 0.6 is 11.8 Å². The third kappa shape index (κ3) is 4.64. The van der Waals surface area contributed by atoms with Crippen molar-refractivity contribution < 1.29 is 23.1 Å². The number of nitrogens with zero attached hydrogens (tertiary/aromatic N) is 1. The third-order valence-electron chi connectivity index (χ3n) is 3.26. The lowest BCUT2D eigenvalue weighted by molar-refractivity contribution is -0.157. The number of alkyl halides is 3. The van der Waals surface area contributed by atoms with Crippen LogP contribution < -0.4 is 0 Å². The van der Waals surface area contributed by atoms with Crippen LogP contribution in [-0.4, -0.2) is 46.2 Å². The van der Waals surface area contributed by atoms with Gasteiger partial charge in [0.2, 0.25) is 5.91 Å². The Kier molecular flexibility index (Phi) is 5.16. The van der Waals surface area contributed by atoms with Gasteiger partial charge in [-0.15, -0.1) is 11.8 Å². The average Bonchev–Trinajstić information content (AvgIpc) is 2.76. The second-order valence-electron chi connectivity index (χ2n) is 4.91. The van der Waals surface area contributed by atoms with Crippen LogP contribution in [0.1, 0.15) is 18.1 Å². The number of aliphatic hydroxyl groups is 1. The lowest BCUT2D eigenvalue weighted by atomic mass is 10.1. The Morgan fingerprint density at radius 1 is 1.33 bits per heavy atom. The molecule has 0 aliphatic carbocycles. The highest BCUT2D eigenvalue weighted by molar-refractivity contribution is 8.00. The van der Waals surface area contributed by atoms with Gasteiger partial charge in [0.05, 0.1) is 11.4 Å². The maximum atomic E-state index is 12.3. The molecule has 1 aliphatic heterocycles. The summed E-state index contributed by atoms with van der Waals surface area (Å²) in [7, 11) is 0. The number of thioether (sulfide) groups is 1. The van der Waals surface area contributed by atoms with Gasteiger partial charge in [-0.2, -0.15) is 13.2 Å². The summed E-state index contributed by atoms with van der Waals surface area (Å²) in [5.41, 5.74) is 0.739. The van der Waals surface area contributed by atoms with Gasteiger partial charge in [0.15, 0.2) is 0 Å². The van der Waals surface area contributed by atoms with E-state index >= 15 is 0 Å².